The predicted molar refractivity (Wildman–Crippen MR) is 111 cm³/mol. The van der Waals surface area contributed by atoms with Gasteiger partial charge in [-0.3, -0.25) is 10.1 Å². The Kier molecular flexibility index (Phi) is 4.97. The third-order valence-electron chi connectivity index (χ3n) is 4.06. The summed E-state index contributed by atoms with van der Waals surface area (Å²) in [6.07, 6.45) is 0. The number of aromatic nitrogens is 2. The minimum absolute atomic E-state index is 0.222. The molecule has 1 N–H and O–H groups in total. The number of carbonyl (C=O) groups excluding carboxylic acids is 1. The summed E-state index contributed by atoms with van der Waals surface area (Å²) in [4.78, 5) is 22.2. The van der Waals surface area contributed by atoms with Gasteiger partial charge in [-0.05, 0) is 50.2 Å². The number of furan rings is 1. The maximum absolute atomic E-state index is 12.7. The van der Waals surface area contributed by atoms with Crippen LogP contribution in [0.15, 0.2) is 46.2 Å². The van der Waals surface area contributed by atoms with E-state index in [0.29, 0.717) is 26.5 Å². The molecular weight excluding hydrogens is 394 g/mol. The van der Waals surface area contributed by atoms with Crippen LogP contribution in [0.1, 0.15) is 21.1 Å². The summed E-state index contributed by atoms with van der Waals surface area (Å²) in [5.74, 6) is 2.04. The highest BCUT2D eigenvalue weighted by Crippen LogP contribution is 2.31. The average molecular weight is 412 g/mol. The van der Waals surface area contributed by atoms with Gasteiger partial charge < -0.3 is 9.15 Å². The number of benzene rings is 1. The second-order valence-electron chi connectivity index (χ2n) is 6.06. The minimum atomic E-state index is -0.222. The van der Waals surface area contributed by atoms with Crippen LogP contribution in [-0.2, 0) is 0 Å². The van der Waals surface area contributed by atoms with E-state index in [4.69, 9.17) is 9.15 Å². The number of rotatable bonds is 5. The van der Waals surface area contributed by atoms with E-state index in [1.807, 2.05) is 55.6 Å². The first kappa shape index (κ1) is 18.4. The molecule has 0 atom stereocenters. The molecular formula is C20H17N3O3S2. The van der Waals surface area contributed by atoms with Gasteiger partial charge in [-0.15, -0.1) is 22.7 Å². The Bertz CT molecular complexity index is 1130. The van der Waals surface area contributed by atoms with Crippen LogP contribution in [0.4, 0.5) is 5.13 Å². The number of hydrogen-bond donors (Lipinski definition) is 1. The van der Waals surface area contributed by atoms with Crippen molar-refractivity contribution in [1.82, 2.24) is 9.97 Å². The molecule has 0 saturated carbocycles. The summed E-state index contributed by atoms with van der Waals surface area (Å²) in [5, 5.41) is 6.01. The first-order chi connectivity index (χ1) is 13.5. The minimum Gasteiger partial charge on any atom is -0.497 e. The van der Waals surface area contributed by atoms with Crippen LogP contribution in [0.5, 0.6) is 5.75 Å². The normalized spacial score (nSPS) is 10.8. The lowest BCUT2D eigenvalue weighted by Crippen LogP contribution is -2.11. The van der Waals surface area contributed by atoms with Gasteiger partial charge in [0.2, 0.25) is 0 Å². The number of thiazole rings is 2. The van der Waals surface area contributed by atoms with Crippen LogP contribution in [0.2, 0.25) is 0 Å². The van der Waals surface area contributed by atoms with Gasteiger partial charge in [-0.1, -0.05) is 0 Å². The Balaban J connectivity index is 1.51. The third-order valence-corrected chi connectivity index (χ3v) is 5.99. The van der Waals surface area contributed by atoms with Crippen molar-refractivity contribution in [2.24, 2.45) is 0 Å². The SMILES string of the molecule is COc1ccc(-c2csc(NC(=O)c3sc(-c4ccc(C)o4)nc3C)n2)cc1. The van der Waals surface area contributed by atoms with Crippen LogP contribution in [0.25, 0.3) is 22.0 Å². The van der Waals surface area contributed by atoms with E-state index >= 15 is 0 Å². The van der Waals surface area contributed by atoms with Crippen LogP contribution in [0.3, 0.4) is 0 Å². The molecule has 3 aromatic heterocycles. The molecule has 0 bridgehead atoms. The van der Waals surface area contributed by atoms with Gasteiger partial charge in [0.25, 0.3) is 5.91 Å². The van der Waals surface area contributed by atoms with E-state index < -0.39 is 0 Å². The number of anilines is 1. The lowest BCUT2D eigenvalue weighted by Gasteiger charge is -2.01. The Hall–Kier alpha value is -2.97. The quantitative estimate of drug-likeness (QED) is 0.475. The number of methoxy groups -OCH3 is 1. The predicted octanol–water partition coefficient (Wildman–Crippen LogP) is 5.40. The lowest BCUT2D eigenvalue weighted by molar-refractivity contribution is 0.103. The number of amides is 1. The van der Waals surface area contributed by atoms with E-state index in [1.165, 1.54) is 22.7 Å². The highest BCUT2D eigenvalue weighted by Gasteiger charge is 2.19. The van der Waals surface area contributed by atoms with Gasteiger partial charge in [0, 0.05) is 10.9 Å². The van der Waals surface area contributed by atoms with Crippen LogP contribution >= 0.6 is 22.7 Å². The van der Waals surface area contributed by atoms with Crippen LogP contribution < -0.4 is 10.1 Å². The molecule has 3 heterocycles. The summed E-state index contributed by atoms with van der Waals surface area (Å²) in [6, 6.07) is 11.4. The standard InChI is InChI=1S/C20H17N3O3S2/c1-11-4-9-16(26-11)19-21-12(2)17(28-19)18(24)23-20-22-15(10-27-20)13-5-7-14(25-3)8-6-13/h4-10H,1-3H3,(H,22,23,24). The monoisotopic (exact) mass is 411 g/mol. The van der Waals surface area contributed by atoms with Gasteiger partial charge in [-0.2, -0.15) is 0 Å². The van der Waals surface area contributed by atoms with Gasteiger partial charge in [-0.25, -0.2) is 9.97 Å². The number of nitrogens with zero attached hydrogens (tertiary/aromatic N) is 2. The third kappa shape index (κ3) is 3.69. The van der Waals surface area contributed by atoms with Crippen molar-refractivity contribution in [3.8, 4) is 27.8 Å². The van der Waals surface area contributed by atoms with Gasteiger partial charge >= 0.3 is 0 Å². The molecule has 0 aliphatic carbocycles. The molecule has 0 radical (unpaired) electrons. The number of carbonyl (C=O) groups is 1. The van der Waals surface area contributed by atoms with Crippen molar-refractivity contribution >= 4 is 33.7 Å². The van der Waals surface area contributed by atoms with Crippen molar-refractivity contribution in [3.63, 3.8) is 0 Å². The highest BCUT2D eigenvalue weighted by molar-refractivity contribution is 7.17. The molecule has 0 saturated heterocycles. The Labute approximate surface area is 169 Å². The highest BCUT2D eigenvalue weighted by atomic mass is 32.1. The molecule has 28 heavy (non-hydrogen) atoms. The molecule has 4 rings (SSSR count). The van der Waals surface area contributed by atoms with Gasteiger partial charge in [0.15, 0.2) is 15.9 Å². The van der Waals surface area contributed by atoms with Crippen LogP contribution in [0, 0.1) is 13.8 Å². The van der Waals surface area contributed by atoms with Gasteiger partial charge in [0.05, 0.1) is 18.5 Å². The summed E-state index contributed by atoms with van der Waals surface area (Å²) >= 11 is 2.69. The Morgan fingerprint density at radius 2 is 1.89 bits per heavy atom. The van der Waals surface area contributed by atoms with Gasteiger partial charge in [0.1, 0.15) is 16.4 Å². The molecule has 0 aliphatic rings. The second kappa shape index (κ2) is 7.57. The molecule has 4 aromatic rings. The fraction of sp³-hybridized carbons (Fsp3) is 0.150. The molecule has 0 spiro atoms. The molecule has 0 aliphatic heterocycles. The number of nitrogens with one attached hydrogen (secondary N) is 1. The van der Waals surface area contributed by atoms with Crippen molar-refractivity contribution in [2.75, 3.05) is 12.4 Å². The largest absolute Gasteiger partial charge is 0.497 e. The average Bonchev–Trinajstić information content (AvgIpc) is 3.42. The van der Waals surface area contributed by atoms with Crippen molar-refractivity contribution in [2.45, 2.75) is 13.8 Å². The summed E-state index contributed by atoms with van der Waals surface area (Å²) in [7, 11) is 1.63. The number of hydrogen-bond acceptors (Lipinski definition) is 7. The smallest absolute Gasteiger partial charge is 0.269 e. The van der Waals surface area contributed by atoms with E-state index in [2.05, 4.69) is 15.3 Å². The maximum atomic E-state index is 12.7. The molecule has 6 nitrogen and oxygen atoms in total. The first-order valence-corrected chi connectivity index (χ1v) is 10.2. The fourth-order valence-corrected chi connectivity index (χ4v) is 4.28. The fourth-order valence-electron chi connectivity index (χ4n) is 2.64. The summed E-state index contributed by atoms with van der Waals surface area (Å²) in [5.41, 5.74) is 2.43. The van der Waals surface area contributed by atoms with E-state index in [-0.39, 0.29) is 5.91 Å². The molecule has 1 amide bonds. The Morgan fingerprint density at radius 1 is 1.11 bits per heavy atom. The molecule has 0 fully saturated rings. The first-order valence-electron chi connectivity index (χ1n) is 8.49. The molecule has 1 aromatic carbocycles. The lowest BCUT2D eigenvalue weighted by atomic mass is 10.2. The molecule has 142 valence electrons. The zero-order chi connectivity index (χ0) is 19.7. The zero-order valence-corrected chi connectivity index (χ0v) is 17.1. The van der Waals surface area contributed by atoms with E-state index in [9.17, 15) is 4.79 Å². The van der Waals surface area contributed by atoms with E-state index in [1.54, 1.807) is 7.11 Å². The number of ether oxygens (including phenoxy) is 1. The Morgan fingerprint density at radius 3 is 2.57 bits per heavy atom. The van der Waals surface area contributed by atoms with Crippen molar-refractivity contribution < 1.29 is 13.9 Å². The van der Waals surface area contributed by atoms with Crippen molar-refractivity contribution in [3.05, 3.63) is 58.1 Å². The summed E-state index contributed by atoms with van der Waals surface area (Å²) in [6.45, 7) is 3.69. The number of aryl methyl sites for hydroxylation is 2. The summed E-state index contributed by atoms with van der Waals surface area (Å²) < 4.78 is 10.8. The van der Waals surface area contributed by atoms with E-state index in [0.717, 1.165) is 22.8 Å². The zero-order valence-electron chi connectivity index (χ0n) is 15.5. The maximum Gasteiger partial charge on any atom is 0.269 e. The van der Waals surface area contributed by atoms with Crippen molar-refractivity contribution in [1.29, 1.82) is 0 Å². The molecule has 8 heteroatoms. The molecule has 0 unspecified atom stereocenters. The van der Waals surface area contributed by atoms with Crippen LogP contribution in [-0.4, -0.2) is 23.0 Å². The second-order valence-corrected chi connectivity index (χ2v) is 7.92. The topological polar surface area (TPSA) is 77.2 Å².